The first-order chi connectivity index (χ1) is 13.5. The molecule has 2 N–H and O–H groups in total. The molecule has 6 nitrogen and oxygen atoms in total. The Hall–Kier alpha value is -3.14. The second-order valence-corrected chi connectivity index (χ2v) is 6.92. The van der Waals surface area contributed by atoms with Gasteiger partial charge in [0.15, 0.2) is 0 Å². The van der Waals surface area contributed by atoms with Gasteiger partial charge in [-0.2, -0.15) is 13.2 Å². The van der Waals surface area contributed by atoms with Gasteiger partial charge >= 0.3 is 12.2 Å². The van der Waals surface area contributed by atoms with Crippen molar-refractivity contribution in [3.63, 3.8) is 0 Å². The van der Waals surface area contributed by atoms with Crippen molar-refractivity contribution in [2.24, 2.45) is 0 Å². The van der Waals surface area contributed by atoms with Crippen LogP contribution in [0.1, 0.15) is 16.7 Å². The molecule has 0 bridgehead atoms. The van der Waals surface area contributed by atoms with Gasteiger partial charge in [0.2, 0.25) is 5.54 Å². The highest BCUT2D eigenvalue weighted by Gasteiger charge is 2.61. The molecule has 0 aliphatic carbocycles. The lowest BCUT2D eigenvalue weighted by molar-refractivity contribution is -0.137. The number of carbonyl (C=O) groups is 3. The largest absolute Gasteiger partial charge is 0.416 e. The van der Waals surface area contributed by atoms with Gasteiger partial charge in [-0.1, -0.05) is 11.6 Å². The van der Waals surface area contributed by atoms with E-state index in [2.05, 4.69) is 5.32 Å². The van der Waals surface area contributed by atoms with Gasteiger partial charge in [0.05, 0.1) is 17.8 Å². The SMILES string of the molecule is O=C1NC(=O)C2(N1)C(=O)N(Cc1cc(C(F)(F)F)ccc1Cl)c1ccc(F)cc12. The second-order valence-electron chi connectivity index (χ2n) is 6.51. The Morgan fingerprint density at radius 2 is 1.79 bits per heavy atom. The van der Waals surface area contributed by atoms with Crippen molar-refractivity contribution >= 4 is 35.1 Å². The summed E-state index contributed by atoms with van der Waals surface area (Å²) in [5.41, 5.74) is -3.24. The lowest BCUT2D eigenvalue weighted by atomic mass is 9.91. The van der Waals surface area contributed by atoms with Crippen LogP contribution < -0.4 is 15.5 Å². The standard InChI is InChI=1S/C18H10ClF4N3O3/c19-12-3-1-9(18(21,22)23)5-8(12)7-26-13-4-2-10(20)6-11(13)17(15(26)28)14(27)24-16(29)25-17/h1-6H,7H2,(H2,24,25,27,29). The van der Waals surface area contributed by atoms with Gasteiger partial charge in [0.25, 0.3) is 11.8 Å². The zero-order valence-electron chi connectivity index (χ0n) is 14.2. The Balaban J connectivity index is 1.82. The quantitative estimate of drug-likeness (QED) is 0.439. The van der Waals surface area contributed by atoms with Crippen LogP contribution in [0, 0.1) is 5.82 Å². The molecule has 2 aromatic carbocycles. The monoisotopic (exact) mass is 427 g/mol. The first kappa shape index (κ1) is 19.2. The number of halogens is 5. The Morgan fingerprint density at radius 3 is 2.41 bits per heavy atom. The van der Waals surface area contributed by atoms with E-state index in [9.17, 15) is 31.9 Å². The van der Waals surface area contributed by atoms with E-state index >= 15 is 0 Å². The lowest BCUT2D eigenvalue weighted by Gasteiger charge is -2.22. The third-order valence-corrected chi connectivity index (χ3v) is 5.16. The summed E-state index contributed by atoms with van der Waals surface area (Å²) in [5.74, 6) is -2.70. The molecule has 2 aliphatic rings. The van der Waals surface area contributed by atoms with Crippen LogP contribution in [0.25, 0.3) is 0 Å². The molecule has 11 heteroatoms. The summed E-state index contributed by atoms with van der Waals surface area (Å²) in [4.78, 5) is 38.2. The van der Waals surface area contributed by atoms with Crippen molar-refractivity contribution in [2.45, 2.75) is 18.3 Å². The molecule has 1 unspecified atom stereocenters. The topological polar surface area (TPSA) is 78.5 Å². The number of hydrogen-bond acceptors (Lipinski definition) is 3. The van der Waals surface area contributed by atoms with Crippen LogP contribution in [0.3, 0.4) is 0 Å². The van der Waals surface area contributed by atoms with Crippen molar-refractivity contribution in [1.29, 1.82) is 0 Å². The van der Waals surface area contributed by atoms with Crippen molar-refractivity contribution in [1.82, 2.24) is 10.6 Å². The fraction of sp³-hybridized carbons (Fsp3) is 0.167. The molecule has 1 spiro atoms. The summed E-state index contributed by atoms with van der Waals surface area (Å²) in [7, 11) is 0. The van der Waals surface area contributed by atoms with Gasteiger partial charge in [-0.25, -0.2) is 9.18 Å². The highest BCUT2D eigenvalue weighted by Crippen LogP contribution is 2.44. The predicted molar refractivity (Wildman–Crippen MR) is 92.4 cm³/mol. The Morgan fingerprint density at radius 1 is 1.07 bits per heavy atom. The maximum Gasteiger partial charge on any atom is 0.416 e. The van der Waals surface area contributed by atoms with Gasteiger partial charge in [0.1, 0.15) is 5.82 Å². The summed E-state index contributed by atoms with van der Waals surface area (Å²) in [6.07, 6.45) is -4.63. The fourth-order valence-corrected chi connectivity index (χ4v) is 3.64. The number of hydrogen-bond donors (Lipinski definition) is 2. The summed E-state index contributed by atoms with van der Waals surface area (Å²) in [6, 6.07) is 4.84. The number of amides is 4. The van der Waals surface area contributed by atoms with Crippen LogP contribution in [0.2, 0.25) is 5.02 Å². The molecular formula is C18H10ClF4N3O3. The smallest absolute Gasteiger partial charge is 0.312 e. The summed E-state index contributed by atoms with van der Waals surface area (Å²) in [5, 5.41) is 4.11. The maximum absolute atomic E-state index is 13.8. The van der Waals surface area contributed by atoms with E-state index in [1.807, 2.05) is 5.32 Å². The van der Waals surface area contributed by atoms with E-state index in [1.54, 1.807) is 0 Å². The number of anilines is 1. The summed E-state index contributed by atoms with van der Waals surface area (Å²) in [6.45, 7) is -0.425. The van der Waals surface area contributed by atoms with Crippen LogP contribution in [0.15, 0.2) is 36.4 Å². The minimum Gasteiger partial charge on any atom is -0.312 e. The molecule has 0 saturated carbocycles. The minimum atomic E-state index is -4.63. The average molecular weight is 428 g/mol. The molecule has 29 heavy (non-hydrogen) atoms. The first-order valence-corrected chi connectivity index (χ1v) is 8.53. The van der Waals surface area contributed by atoms with E-state index in [1.165, 1.54) is 6.07 Å². The average Bonchev–Trinajstić information content (AvgIpc) is 3.05. The van der Waals surface area contributed by atoms with Crippen molar-refractivity contribution in [3.8, 4) is 0 Å². The third-order valence-electron chi connectivity index (χ3n) is 4.79. The van der Waals surface area contributed by atoms with Crippen LogP contribution in [0.5, 0.6) is 0 Å². The lowest BCUT2D eigenvalue weighted by Crippen LogP contribution is -2.52. The molecule has 150 valence electrons. The first-order valence-electron chi connectivity index (χ1n) is 8.15. The molecule has 2 aliphatic heterocycles. The number of carbonyl (C=O) groups excluding carboxylic acids is 3. The van der Waals surface area contributed by atoms with Gasteiger partial charge in [0, 0.05) is 10.6 Å². The van der Waals surface area contributed by atoms with E-state index in [0.717, 1.165) is 35.2 Å². The molecule has 2 aromatic rings. The Bertz CT molecular complexity index is 1090. The van der Waals surface area contributed by atoms with Crippen molar-refractivity contribution in [2.75, 3.05) is 4.90 Å². The number of nitrogens with one attached hydrogen (secondary N) is 2. The summed E-state index contributed by atoms with van der Waals surface area (Å²) < 4.78 is 53.0. The molecule has 4 amide bonds. The van der Waals surface area contributed by atoms with Gasteiger partial charge < -0.3 is 10.2 Å². The fourth-order valence-electron chi connectivity index (χ4n) is 3.47. The normalized spacial score (nSPS) is 20.9. The van der Waals surface area contributed by atoms with Gasteiger partial charge in [-0.05, 0) is 42.0 Å². The van der Waals surface area contributed by atoms with Crippen LogP contribution in [0.4, 0.5) is 28.0 Å². The number of fused-ring (bicyclic) bond motifs is 2. The predicted octanol–water partition coefficient (Wildman–Crippen LogP) is 3.08. The highest BCUT2D eigenvalue weighted by molar-refractivity contribution is 6.31. The molecule has 0 aromatic heterocycles. The van der Waals surface area contributed by atoms with Gasteiger partial charge in [-0.3, -0.25) is 14.9 Å². The van der Waals surface area contributed by atoms with E-state index in [4.69, 9.17) is 11.6 Å². The zero-order chi connectivity index (χ0) is 21.1. The molecule has 1 saturated heterocycles. The molecule has 0 radical (unpaired) electrons. The van der Waals surface area contributed by atoms with Crippen LogP contribution in [-0.4, -0.2) is 17.8 Å². The van der Waals surface area contributed by atoms with Crippen LogP contribution in [-0.2, 0) is 27.8 Å². The van der Waals surface area contributed by atoms with Crippen LogP contribution >= 0.6 is 11.6 Å². The number of benzene rings is 2. The minimum absolute atomic E-state index is 0.0321. The van der Waals surface area contributed by atoms with Gasteiger partial charge in [-0.15, -0.1) is 0 Å². The Labute approximate surface area is 165 Å². The number of nitrogens with zero attached hydrogens (tertiary/aromatic N) is 1. The molecule has 4 rings (SSSR count). The number of rotatable bonds is 2. The third kappa shape index (κ3) is 2.82. The number of urea groups is 1. The molecule has 2 heterocycles. The van der Waals surface area contributed by atoms with E-state index in [0.29, 0.717) is 0 Å². The summed E-state index contributed by atoms with van der Waals surface area (Å²) >= 11 is 6.01. The number of imide groups is 1. The maximum atomic E-state index is 13.8. The van der Waals surface area contributed by atoms with Crippen molar-refractivity contribution in [3.05, 3.63) is 63.9 Å². The number of alkyl halides is 3. The second kappa shape index (κ2) is 6.18. The molecular weight excluding hydrogens is 418 g/mol. The zero-order valence-corrected chi connectivity index (χ0v) is 15.0. The highest BCUT2D eigenvalue weighted by atomic mass is 35.5. The Kier molecular flexibility index (Phi) is 4.09. The van der Waals surface area contributed by atoms with E-state index in [-0.39, 0.29) is 21.8 Å². The van der Waals surface area contributed by atoms with Crippen molar-refractivity contribution < 1.29 is 31.9 Å². The molecule has 1 fully saturated rings. The molecule has 1 atom stereocenters. The van der Waals surface area contributed by atoms with E-state index < -0.39 is 47.5 Å².